The van der Waals surface area contributed by atoms with Gasteiger partial charge < -0.3 is 14.6 Å². The van der Waals surface area contributed by atoms with E-state index in [0.717, 1.165) is 5.56 Å². The normalized spacial score (nSPS) is 39.1. The molecule has 0 saturated heterocycles. The van der Waals surface area contributed by atoms with Crippen LogP contribution in [0.3, 0.4) is 0 Å². The van der Waals surface area contributed by atoms with E-state index in [0.29, 0.717) is 24.2 Å². The first kappa shape index (κ1) is 22.2. The first-order valence-electron chi connectivity index (χ1n) is 11.2. The van der Waals surface area contributed by atoms with E-state index >= 15 is 0 Å². The maximum atomic E-state index is 13.2. The fourth-order valence-electron chi connectivity index (χ4n) is 6.61. The first-order chi connectivity index (χ1) is 14.4. The quantitative estimate of drug-likeness (QED) is 0.674. The Morgan fingerprint density at radius 2 is 1.97 bits per heavy atom. The second kappa shape index (κ2) is 7.24. The minimum atomic E-state index is -1.60. The van der Waals surface area contributed by atoms with E-state index in [1.807, 2.05) is 20.8 Å². The van der Waals surface area contributed by atoms with Crippen molar-refractivity contribution in [1.82, 2.24) is 0 Å². The van der Waals surface area contributed by atoms with Gasteiger partial charge in [0.2, 0.25) is 5.78 Å². The molecule has 1 heterocycles. The third kappa shape index (κ3) is 3.02. The number of aryl methyl sites for hydroxylation is 1. The average Bonchev–Trinajstić information content (AvgIpc) is 3.37. The molecule has 3 aliphatic rings. The van der Waals surface area contributed by atoms with Crippen molar-refractivity contribution in [2.45, 2.75) is 65.6 Å². The third-order valence-corrected chi connectivity index (χ3v) is 8.41. The molecule has 0 amide bonds. The molecule has 8 atom stereocenters. The number of allylic oxidation sites excluding steroid dienone is 1. The highest BCUT2D eigenvalue weighted by Crippen LogP contribution is 2.66. The Bertz CT molecular complexity index is 972. The predicted molar refractivity (Wildman–Crippen MR) is 113 cm³/mol. The van der Waals surface area contributed by atoms with Gasteiger partial charge in [-0.1, -0.05) is 20.8 Å². The number of hydrogen-bond donors (Lipinski definition) is 2. The zero-order chi connectivity index (χ0) is 22.9. The van der Waals surface area contributed by atoms with Crippen LogP contribution >= 0.6 is 0 Å². The van der Waals surface area contributed by atoms with Crippen molar-refractivity contribution in [3.8, 4) is 0 Å². The van der Waals surface area contributed by atoms with Gasteiger partial charge in [0.05, 0.1) is 18.3 Å². The summed E-state index contributed by atoms with van der Waals surface area (Å²) in [6, 6.07) is 1.72. The van der Waals surface area contributed by atoms with Crippen molar-refractivity contribution in [1.29, 1.82) is 0 Å². The van der Waals surface area contributed by atoms with Gasteiger partial charge in [-0.2, -0.15) is 0 Å². The first-order valence-corrected chi connectivity index (χ1v) is 11.2. The Morgan fingerprint density at radius 3 is 2.52 bits per heavy atom. The topological polar surface area (TPSA) is 105 Å². The standard InChI is InChI=1S/C25H32O6/c1-12-8-19(31-11-12)21(28)15(4)16-6-7-24(5)22(16)25(30,23(24)29)14(3)10-17-18(26)9-13(2)20(17)27/h8-9,11,14-18,22,26,30H,6-7,10H2,1-5H3/t14-,15+,16+,17-,18+,22+,24-,25+/m1/s1. The van der Waals surface area contributed by atoms with Crippen molar-refractivity contribution in [2.24, 2.45) is 35.0 Å². The molecule has 0 radical (unpaired) electrons. The van der Waals surface area contributed by atoms with E-state index in [1.54, 1.807) is 32.3 Å². The van der Waals surface area contributed by atoms with Crippen LogP contribution in [-0.2, 0) is 9.59 Å². The highest BCUT2D eigenvalue weighted by Gasteiger charge is 2.74. The molecule has 168 valence electrons. The minimum absolute atomic E-state index is 0.113. The zero-order valence-electron chi connectivity index (χ0n) is 18.8. The van der Waals surface area contributed by atoms with Gasteiger partial charge in [0, 0.05) is 17.3 Å². The molecule has 1 aromatic heterocycles. The Kier molecular flexibility index (Phi) is 5.17. The fourth-order valence-corrected chi connectivity index (χ4v) is 6.61. The van der Waals surface area contributed by atoms with Gasteiger partial charge in [0.1, 0.15) is 5.60 Å². The lowest BCUT2D eigenvalue weighted by Crippen LogP contribution is -2.72. The van der Waals surface area contributed by atoms with Gasteiger partial charge in [-0.25, -0.2) is 0 Å². The fraction of sp³-hybridized carbons (Fsp3) is 0.640. The van der Waals surface area contributed by atoms with E-state index in [1.165, 1.54) is 0 Å². The predicted octanol–water partition coefficient (Wildman–Crippen LogP) is 3.29. The van der Waals surface area contributed by atoms with Crippen LogP contribution in [0.4, 0.5) is 0 Å². The molecule has 2 fully saturated rings. The molecule has 0 aromatic carbocycles. The van der Waals surface area contributed by atoms with E-state index in [2.05, 4.69) is 0 Å². The molecular formula is C25H32O6. The number of aliphatic hydroxyl groups excluding tert-OH is 1. The van der Waals surface area contributed by atoms with Gasteiger partial charge in [-0.3, -0.25) is 14.4 Å². The van der Waals surface area contributed by atoms with Crippen molar-refractivity contribution in [3.05, 3.63) is 35.3 Å². The second-order valence-electron chi connectivity index (χ2n) is 10.3. The Labute approximate surface area is 182 Å². The summed E-state index contributed by atoms with van der Waals surface area (Å²) >= 11 is 0. The molecule has 1 aromatic rings. The molecule has 3 aliphatic carbocycles. The van der Waals surface area contributed by atoms with Crippen molar-refractivity contribution >= 4 is 17.3 Å². The number of carbonyl (C=O) groups excluding carboxylic acids is 3. The molecule has 6 nitrogen and oxygen atoms in total. The number of furan rings is 1. The SMILES string of the molecule is CC1=C[C@H](O)[C@@H](C[C@@H](C)[C@@]2(O)C(=O)[C@]3(C)CC[C@@H]([C@H](C)C(=O)c4cc(C)co4)[C@H]23)C1=O. The number of fused-ring (bicyclic) bond motifs is 1. The molecule has 4 rings (SSSR count). The molecule has 0 unspecified atom stereocenters. The third-order valence-electron chi connectivity index (χ3n) is 8.41. The molecule has 0 aliphatic heterocycles. The minimum Gasteiger partial charge on any atom is -0.461 e. The summed E-state index contributed by atoms with van der Waals surface area (Å²) in [5, 5.41) is 21.9. The smallest absolute Gasteiger partial charge is 0.201 e. The highest BCUT2D eigenvalue weighted by atomic mass is 16.3. The molecule has 31 heavy (non-hydrogen) atoms. The van der Waals surface area contributed by atoms with Crippen LogP contribution in [0.15, 0.2) is 28.4 Å². The van der Waals surface area contributed by atoms with Crippen LogP contribution in [0.25, 0.3) is 0 Å². The maximum absolute atomic E-state index is 13.2. The number of aliphatic hydroxyl groups is 2. The molecule has 0 bridgehead atoms. The van der Waals surface area contributed by atoms with Crippen molar-refractivity contribution in [3.63, 3.8) is 0 Å². The summed E-state index contributed by atoms with van der Waals surface area (Å²) < 4.78 is 5.40. The largest absolute Gasteiger partial charge is 0.461 e. The Balaban J connectivity index is 1.58. The zero-order valence-corrected chi connectivity index (χ0v) is 18.8. The van der Waals surface area contributed by atoms with Gasteiger partial charge in [0.25, 0.3) is 0 Å². The van der Waals surface area contributed by atoms with Gasteiger partial charge in [-0.15, -0.1) is 0 Å². The summed E-state index contributed by atoms with van der Waals surface area (Å²) in [5.41, 5.74) is -0.860. The average molecular weight is 429 g/mol. The molecule has 0 spiro atoms. The summed E-state index contributed by atoms with van der Waals surface area (Å²) in [6.07, 6.45) is 3.75. The number of Topliss-reactive ketones (excluding diaryl/α,β-unsaturated/α-hetero) is 3. The molecule has 2 N–H and O–H groups in total. The number of hydrogen-bond acceptors (Lipinski definition) is 6. The molecule has 2 saturated carbocycles. The monoisotopic (exact) mass is 428 g/mol. The second-order valence-corrected chi connectivity index (χ2v) is 10.3. The van der Waals surface area contributed by atoms with Gasteiger partial charge >= 0.3 is 0 Å². The summed E-state index contributed by atoms with van der Waals surface area (Å²) in [6.45, 7) is 9.05. The molecule has 6 heteroatoms. The molecular weight excluding hydrogens is 396 g/mol. The van der Waals surface area contributed by atoms with Gasteiger partial charge in [0.15, 0.2) is 17.3 Å². The Hall–Kier alpha value is -2.05. The number of carbonyl (C=O) groups is 3. The van der Waals surface area contributed by atoms with Crippen LogP contribution < -0.4 is 0 Å². The van der Waals surface area contributed by atoms with Gasteiger partial charge in [-0.05, 0) is 68.2 Å². The van der Waals surface area contributed by atoms with E-state index < -0.39 is 34.9 Å². The van der Waals surface area contributed by atoms with Crippen LogP contribution in [0, 0.1) is 41.9 Å². The summed E-state index contributed by atoms with van der Waals surface area (Å²) in [5.74, 6) is -2.18. The van der Waals surface area contributed by atoms with Crippen LogP contribution in [-0.4, -0.2) is 39.3 Å². The van der Waals surface area contributed by atoms with Crippen LogP contribution in [0.1, 0.15) is 63.1 Å². The van der Waals surface area contributed by atoms with Crippen LogP contribution in [0.2, 0.25) is 0 Å². The van der Waals surface area contributed by atoms with Crippen LogP contribution in [0.5, 0.6) is 0 Å². The lowest BCUT2D eigenvalue weighted by atomic mass is 9.46. The summed E-state index contributed by atoms with van der Waals surface area (Å²) in [7, 11) is 0. The van der Waals surface area contributed by atoms with Crippen molar-refractivity contribution in [2.75, 3.05) is 0 Å². The van der Waals surface area contributed by atoms with Crippen molar-refractivity contribution < 1.29 is 29.0 Å². The van der Waals surface area contributed by atoms with E-state index in [-0.39, 0.29) is 35.6 Å². The maximum Gasteiger partial charge on any atom is 0.201 e. The van der Waals surface area contributed by atoms with E-state index in [4.69, 9.17) is 4.42 Å². The number of rotatable bonds is 6. The Morgan fingerprint density at radius 1 is 1.29 bits per heavy atom. The van der Waals surface area contributed by atoms with E-state index in [9.17, 15) is 24.6 Å². The lowest BCUT2D eigenvalue weighted by Gasteiger charge is -2.59. The highest BCUT2D eigenvalue weighted by molar-refractivity contribution is 6.02. The summed E-state index contributed by atoms with van der Waals surface area (Å²) in [4.78, 5) is 38.7. The number of ketones is 3. The lowest BCUT2D eigenvalue weighted by molar-refractivity contribution is -0.210.